The maximum atomic E-state index is 13.6. The highest BCUT2D eigenvalue weighted by atomic mass is 79.9. The summed E-state index contributed by atoms with van der Waals surface area (Å²) in [7, 11) is 0. The predicted molar refractivity (Wildman–Crippen MR) is 90.7 cm³/mol. The molecule has 21 heavy (non-hydrogen) atoms. The van der Waals surface area contributed by atoms with Crippen molar-refractivity contribution in [1.82, 2.24) is 5.32 Å². The van der Waals surface area contributed by atoms with Gasteiger partial charge in [0.05, 0.1) is 6.04 Å². The van der Waals surface area contributed by atoms with E-state index in [2.05, 4.69) is 28.2 Å². The van der Waals surface area contributed by atoms with Crippen LogP contribution in [0.25, 0.3) is 0 Å². The first-order valence-electron chi connectivity index (χ1n) is 6.66. The molecule has 0 fully saturated rings. The van der Waals surface area contributed by atoms with Crippen molar-refractivity contribution >= 4 is 39.1 Å². The summed E-state index contributed by atoms with van der Waals surface area (Å²) in [6, 6.07) is 9.73. The average Bonchev–Trinajstić information content (AvgIpc) is 2.46. The van der Waals surface area contributed by atoms with Crippen LogP contribution in [0.3, 0.4) is 0 Å². The molecule has 0 aromatic heterocycles. The third-order valence-corrected chi connectivity index (χ3v) is 4.32. The first kappa shape index (κ1) is 16.8. The molecule has 0 spiro atoms. The Morgan fingerprint density at radius 1 is 1.10 bits per heavy atom. The zero-order chi connectivity index (χ0) is 15.4. The summed E-state index contributed by atoms with van der Waals surface area (Å²) in [6.45, 7) is 2.85. The van der Waals surface area contributed by atoms with Gasteiger partial charge in [-0.25, -0.2) is 4.39 Å². The molecule has 1 atom stereocenters. The van der Waals surface area contributed by atoms with Gasteiger partial charge in [0, 0.05) is 14.5 Å². The van der Waals surface area contributed by atoms with Gasteiger partial charge < -0.3 is 5.32 Å². The highest BCUT2D eigenvalue weighted by Gasteiger charge is 2.20. The summed E-state index contributed by atoms with van der Waals surface area (Å²) >= 11 is 16.0. The molecule has 0 saturated carbocycles. The maximum Gasteiger partial charge on any atom is 0.123 e. The van der Waals surface area contributed by atoms with Gasteiger partial charge in [-0.2, -0.15) is 0 Å². The van der Waals surface area contributed by atoms with Crippen LogP contribution in [0.2, 0.25) is 10.0 Å². The second-order valence-electron chi connectivity index (χ2n) is 4.72. The molecule has 0 aliphatic heterocycles. The number of halogens is 4. The Morgan fingerprint density at radius 3 is 2.38 bits per heavy atom. The van der Waals surface area contributed by atoms with Gasteiger partial charge in [0.25, 0.3) is 0 Å². The van der Waals surface area contributed by atoms with Crippen molar-refractivity contribution in [2.75, 3.05) is 6.54 Å². The highest BCUT2D eigenvalue weighted by Crippen LogP contribution is 2.34. The lowest BCUT2D eigenvalue weighted by molar-refractivity contribution is 0.585. The molecule has 112 valence electrons. The van der Waals surface area contributed by atoms with Crippen molar-refractivity contribution < 1.29 is 4.39 Å². The van der Waals surface area contributed by atoms with Gasteiger partial charge in [0.1, 0.15) is 5.82 Å². The van der Waals surface area contributed by atoms with E-state index >= 15 is 0 Å². The standard InChI is InChI=1S/C16H15BrCl2FN/c1-2-7-21-16(12-8-10(17)3-5-14(12)18)13-9-11(20)4-6-15(13)19/h3-6,8-9,16,21H,2,7H2,1H3. The molecule has 2 rings (SSSR count). The Labute approximate surface area is 142 Å². The van der Waals surface area contributed by atoms with E-state index in [1.54, 1.807) is 6.07 Å². The fourth-order valence-electron chi connectivity index (χ4n) is 2.15. The predicted octanol–water partition coefficient (Wildman–Crippen LogP) is 5.98. The third-order valence-electron chi connectivity index (χ3n) is 3.14. The Morgan fingerprint density at radius 2 is 1.71 bits per heavy atom. The monoisotopic (exact) mass is 389 g/mol. The van der Waals surface area contributed by atoms with Crippen molar-refractivity contribution in [3.05, 3.63) is 67.9 Å². The molecule has 5 heteroatoms. The van der Waals surface area contributed by atoms with Crippen molar-refractivity contribution in [1.29, 1.82) is 0 Å². The van der Waals surface area contributed by atoms with E-state index in [0.717, 1.165) is 23.0 Å². The Kier molecular flexibility index (Phi) is 6.06. The van der Waals surface area contributed by atoms with Crippen LogP contribution in [0.15, 0.2) is 40.9 Å². The van der Waals surface area contributed by atoms with Crippen LogP contribution >= 0.6 is 39.1 Å². The Hall–Kier alpha value is -0.610. The van der Waals surface area contributed by atoms with Crippen molar-refractivity contribution in [3.8, 4) is 0 Å². The number of nitrogens with one attached hydrogen (secondary N) is 1. The van der Waals surface area contributed by atoms with Crippen LogP contribution in [0.5, 0.6) is 0 Å². The lowest BCUT2D eigenvalue weighted by Gasteiger charge is -2.22. The van der Waals surface area contributed by atoms with E-state index in [4.69, 9.17) is 23.2 Å². The summed E-state index contributed by atoms with van der Waals surface area (Å²) in [4.78, 5) is 0. The zero-order valence-electron chi connectivity index (χ0n) is 11.5. The molecule has 0 bridgehead atoms. The molecule has 1 nitrogen and oxygen atoms in total. The molecule has 0 radical (unpaired) electrons. The van der Waals surface area contributed by atoms with E-state index in [1.165, 1.54) is 12.1 Å². The minimum atomic E-state index is -0.316. The smallest absolute Gasteiger partial charge is 0.123 e. The maximum absolute atomic E-state index is 13.6. The molecule has 1 N–H and O–H groups in total. The SMILES string of the molecule is CCCNC(c1cc(F)ccc1Cl)c1cc(Br)ccc1Cl. The molecule has 0 aliphatic carbocycles. The topological polar surface area (TPSA) is 12.0 Å². The lowest BCUT2D eigenvalue weighted by atomic mass is 9.98. The summed E-state index contributed by atoms with van der Waals surface area (Å²) in [6.07, 6.45) is 0.953. The van der Waals surface area contributed by atoms with E-state index < -0.39 is 0 Å². The van der Waals surface area contributed by atoms with E-state index in [9.17, 15) is 4.39 Å². The van der Waals surface area contributed by atoms with Crippen LogP contribution in [0.1, 0.15) is 30.5 Å². The quantitative estimate of drug-likeness (QED) is 0.661. The molecule has 2 aromatic rings. The number of hydrogen-bond donors (Lipinski definition) is 1. The molecular weight excluding hydrogens is 376 g/mol. The van der Waals surface area contributed by atoms with E-state index in [1.807, 2.05) is 18.2 Å². The molecule has 1 unspecified atom stereocenters. The van der Waals surface area contributed by atoms with E-state index in [0.29, 0.717) is 15.6 Å². The van der Waals surface area contributed by atoms with Crippen LogP contribution in [0, 0.1) is 5.82 Å². The molecule has 0 aliphatic rings. The first-order valence-corrected chi connectivity index (χ1v) is 8.21. The van der Waals surface area contributed by atoms with Gasteiger partial charge >= 0.3 is 0 Å². The fourth-order valence-corrected chi connectivity index (χ4v) is 2.98. The molecule has 0 saturated heterocycles. The molecular formula is C16H15BrCl2FN. The minimum Gasteiger partial charge on any atom is -0.306 e. The molecule has 2 aromatic carbocycles. The third kappa shape index (κ3) is 4.19. The van der Waals surface area contributed by atoms with Gasteiger partial charge in [-0.05, 0) is 60.5 Å². The normalized spacial score (nSPS) is 12.4. The van der Waals surface area contributed by atoms with Crippen LogP contribution in [-0.4, -0.2) is 6.54 Å². The molecule has 0 amide bonds. The summed E-state index contributed by atoms with van der Waals surface area (Å²) in [5, 5.41) is 4.51. The lowest BCUT2D eigenvalue weighted by Crippen LogP contribution is -2.24. The molecule has 0 heterocycles. The van der Waals surface area contributed by atoms with Gasteiger partial charge in [-0.15, -0.1) is 0 Å². The average molecular weight is 391 g/mol. The Bertz CT molecular complexity index is 582. The number of hydrogen-bond acceptors (Lipinski definition) is 1. The van der Waals surface area contributed by atoms with Gasteiger partial charge in [0.15, 0.2) is 0 Å². The van der Waals surface area contributed by atoms with Crippen molar-refractivity contribution in [2.45, 2.75) is 19.4 Å². The summed E-state index contributed by atoms with van der Waals surface area (Å²) < 4.78 is 14.5. The second-order valence-corrected chi connectivity index (χ2v) is 6.45. The number of rotatable bonds is 5. The van der Waals surface area contributed by atoms with Crippen LogP contribution < -0.4 is 5.32 Å². The summed E-state index contributed by atoms with van der Waals surface area (Å²) in [5.41, 5.74) is 1.55. The number of benzene rings is 2. The van der Waals surface area contributed by atoms with Crippen LogP contribution in [0.4, 0.5) is 4.39 Å². The Balaban J connectivity index is 2.52. The minimum absolute atomic E-state index is 0.252. The van der Waals surface area contributed by atoms with Gasteiger partial charge in [0.2, 0.25) is 0 Å². The van der Waals surface area contributed by atoms with Gasteiger partial charge in [-0.1, -0.05) is 46.1 Å². The van der Waals surface area contributed by atoms with Crippen LogP contribution in [-0.2, 0) is 0 Å². The second kappa shape index (κ2) is 7.59. The van der Waals surface area contributed by atoms with Gasteiger partial charge in [-0.3, -0.25) is 0 Å². The zero-order valence-corrected chi connectivity index (χ0v) is 14.6. The van der Waals surface area contributed by atoms with Crippen molar-refractivity contribution in [3.63, 3.8) is 0 Å². The summed E-state index contributed by atoms with van der Waals surface area (Å²) in [5.74, 6) is -0.316. The fraction of sp³-hybridized carbons (Fsp3) is 0.250. The highest BCUT2D eigenvalue weighted by molar-refractivity contribution is 9.10. The largest absolute Gasteiger partial charge is 0.306 e. The first-order chi connectivity index (χ1) is 10.0. The van der Waals surface area contributed by atoms with Crippen molar-refractivity contribution in [2.24, 2.45) is 0 Å². The van der Waals surface area contributed by atoms with E-state index in [-0.39, 0.29) is 11.9 Å².